The topological polar surface area (TPSA) is 55.4 Å². The van der Waals surface area contributed by atoms with Gasteiger partial charge in [-0.05, 0) is 47.2 Å². The second-order valence-electron chi connectivity index (χ2n) is 7.26. The fraction of sp³-hybridized carbons (Fsp3) is 0.333. The van der Waals surface area contributed by atoms with Gasteiger partial charge in [-0.1, -0.05) is 45.0 Å². The molecule has 2 aromatic carbocycles. The van der Waals surface area contributed by atoms with Gasteiger partial charge in [-0.3, -0.25) is 9.59 Å². The first kappa shape index (κ1) is 18.7. The Labute approximate surface area is 149 Å². The van der Waals surface area contributed by atoms with E-state index in [1.54, 1.807) is 12.1 Å². The van der Waals surface area contributed by atoms with Gasteiger partial charge in [0.05, 0.1) is 6.42 Å². The van der Waals surface area contributed by atoms with Crippen LogP contribution in [0.4, 0.5) is 5.69 Å². The monoisotopic (exact) mass is 339 g/mol. The molecule has 0 fully saturated rings. The summed E-state index contributed by atoms with van der Waals surface area (Å²) in [5.74, 6) is 0.160. The summed E-state index contributed by atoms with van der Waals surface area (Å²) in [6.45, 7) is 9.85. The first-order chi connectivity index (χ1) is 11.6. The van der Waals surface area contributed by atoms with Crippen molar-refractivity contribution < 1.29 is 14.3 Å². The molecule has 0 radical (unpaired) electrons. The van der Waals surface area contributed by atoms with E-state index in [0.29, 0.717) is 11.4 Å². The summed E-state index contributed by atoms with van der Waals surface area (Å²) in [5, 5.41) is 2.69. The van der Waals surface area contributed by atoms with Crippen LogP contribution in [-0.2, 0) is 21.4 Å². The first-order valence-electron chi connectivity index (χ1n) is 8.33. The lowest BCUT2D eigenvalue weighted by Crippen LogP contribution is -2.14. The lowest BCUT2D eigenvalue weighted by molar-refractivity contribution is -0.133. The molecule has 4 nitrogen and oxygen atoms in total. The van der Waals surface area contributed by atoms with Crippen molar-refractivity contribution in [1.29, 1.82) is 0 Å². The molecule has 2 rings (SSSR count). The highest BCUT2D eigenvalue weighted by Crippen LogP contribution is 2.27. The molecule has 4 heteroatoms. The quantitative estimate of drug-likeness (QED) is 0.663. The number of hydrogen-bond acceptors (Lipinski definition) is 3. The Morgan fingerprint density at radius 1 is 1.04 bits per heavy atom. The summed E-state index contributed by atoms with van der Waals surface area (Å²) in [5.41, 5.74) is 3.75. The average Bonchev–Trinajstić information content (AvgIpc) is 2.49. The molecule has 25 heavy (non-hydrogen) atoms. The third-order valence-corrected chi connectivity index (χ3v) is 3.89. The van der Waals surface area contributed by atoms with E-state index < -0.39 is 0 Å². The molecular weight excluding hydrogens is 314 g/mol. The van der Waals surface area contributed by atoms with Crippen molar-refractivity contribution in [1.82, 2.24) is 0 Å². The van der Waals surface area contributed by atoms with Gasteiger partial charge in [0, 0.05) is 12.6 Å². The SMILES string of the molecule is CC(=O)Nc1ccc(CC(=O)Oc2ccc(C(C)(C)C)cc2C)cc1. The molecule has 132 valence electrons. The molecule has 2 aromatic rings. The highest BCUT2D eigenvalue weighted by Gasteiger charge is 2.16. The minimum absolute atomic E-state index is 0.0585. The van der Waals surface area contributed by atoms with E-state index in [-0.39, 0.29) is 23.7 Å². The Morgan fingerprint density at radius 3 is 2.20 bits per heavy atom. The lowest BCUT2D eigenvalue weighted by atomic mass is 9.86. The maximum atomic E-state index is 12.2. The largest absolute Gasteiger partial charge is 0.426 e. The van der Waals surface area contributed by atoms with Crippen LogP contribution in [0.15, 0.2) is 42.5 Å². The number of hydrogen-bond donors (Lipinski definition) is 1. The van der Waals surface area contributed by atoms with Gasteiger partial charge < -0.3 is 10.1 Å². The number of amides is 1. The zero-order chi connectivity index (χ0) is 18.6. The molecule has 1 N–H and O–H groups in total. The van der Waals surface area contributed by atoms with E-state index in [0.717, 1.165) is 11.1 Å². The number of aryl methyl sites for hydroxylation is 1. The van der Waals surface area contributed by atoms with Gasteiger partial charge in [0.25, 0.3) is 0 Å². The highest BCUT2D eigenvalue weighted by atomic mass is 16.5. The Kier molecular flexibility index (Phi) is 5.62. The van der Waals surface area contributed by atoms with Crippen molar-refractivity contribution in [2.45, 2.75) is 46.5 Å². The second kappa shape index (κ2) is 7.51. The van der Waals surface area contributed by atoms with Crippen molar-refractivity contribution >= 4 is 17.6 Å². The summed E-state index contributed by atoms with van der Waals surface area (Å²) in [6, 6.07) is 13.1. The van der Waals surface area contributed by atoms with Gasteiger partial charge in [0.2, 0.25) is 5.91 Å². The van der Waals surface area contributed by atoms with Crippen molar-refractivity contribution in [2.75, 3.05) is 5.32 Å². The maximum Gasteiger partial charge on any atom is 0.315 e. The van der Waals surface area contributed by atoms with Gasteiger partial charge in [-0.25, -0.2) is 0 Å². The van der Waals surface area contributed by atoms with Crippen LogP contribution >= 0.6 is 0 Å². The van der Waals surface area contributed by atoms with Crippen LogP contribution in [0.25, 0.3) is 0 Å². The molecule has 0 aliphatic carbocycles. The minimum Gasteiger partial charge on any atom is -0.426 e. The molecule has 1 amide bonds. The molecule has 0 aliphatic rings. The zero-order valence-electron chi connectivity index (χ0n) is 15.5. The van der Waals surface area contributed by atoms with Crippen LogP contribution in [0.3, 0.4) is 0 Å². The Balaban J connectivity index is 2.01. The molecular formula is C21H25NO3. The Hall–Kier alpha value is -2.62. The zero-order valence-corrected chi connectivity index (χ0v) is 15.5. The smallest absolute Gasteiger partial charge is 0.315 e. The van der Waals surface area contributed by atoms with Gasteiger partial charge in [-0.15, -0.1) is 0 Å². The molecule has 0 unspecified atom stereocenters. The van der Waals surface area contributed by atoms with E-state index >= 15 is 0 Å². The van der Waals surface area contributed by atoms with Crippen LogP contribution in [-0.4, -0.2) is 11.9 Å². The number of nitrogens with one attached hydrogen (secondary N) is 1. The summed E-state index contributed by atoms with van der Waals surface area (Å²) < 4.78 is 5.50. The summed E-state index contributed by atoms with van der Waals surface area (Å²) in [7, 11) is 0. The first-order valence-corrected chi connectivity index (χ1v) is 8.33. The number of carbonyl (C=O) groups is 2. The molecule has 0 saturated carbocycles. The van der Waals surface area contributed by atoms with Crippen LogP contribution in [0.2, 0.25) is 0 Å². The van der Waals surface area contributed by atoms with E-state index in [1.165, 1.54) is 12.5 Å². The van der Waals surface area contributed by atoms with Crippen molar-refractivity contribution in [3.05, 3.63) is 59.2 Å². The fourth-order valence-electron chi connectivity index (χ4n) is 2.47. The number of ether oxygens (including phenoxy) is 1. The highest BCUT2D eigenvalue weighted by molar-refractivity contribution is 5.88. The number of benzene rings is 2. The summed E-state index contributed by atoms with van der Waals surface area (Å²) >= 11 is 0. The number of rotatable bonds is 4. The third kappa shape index (κ3) is 5.45. The molecule has 0 heterocycles. The fourth-order valence-corrected chi connectivity index (χ4v) is 2.47. The normalized spacial score (nSPS) is 11.1. The van der Waals surface area contributed by atoms with Gasteiger partial charge >= 0.3 is 5.97 Å². The standard InChI is InChI=1S/C21H25NO3/c1-14-12-17(21(3,4)5)8-11-19(14)25-20(24)13-16-6-9-18(10-7-16)22-15(2)23/h6-12H,13H2,1-5H3,(H,22,23). The molecule has 0 bridgehead atoms. The minimum atomic E-state index is -0.307. The molecule has 0 aliphatic heterocycles. The average molecular weight is 339 g/mol. The van der Waals surface area contributed by atoms with E-state index in [4.69, 9.17) is 4.74 Å². The van der Waals surface area contributed by atoms with E-state index in [1.807, 2.05) is 31.2 Å². The number of carbonyl (C=O) groups excluding carboxylic acids is 2. The van der Waals surface area contributed by atoms with E-state index in [2.05, 4.69) is 32.2 Å². The van der Waals surface area contributed by atoms with E-state index in [9.17, 15) is 9.59 Å². The third-order valence-electron chi connectivity index (χ3n) is 3.89. The van der Waals surface area contributed by atoms with Gasteiger partial charge in [-0.2, -0.15) is 0 Å². The number of anilines is 1. The Bertz CT molecular complexity index is 771. The van der Waals surface area contributed by atoms with Crippen LogP contribution in [0.1, 0.15) is 44.4 Å². The lowest BCUT2D eigenvalue weighted by Gasteiger charge is -2.20. The summed E-state index contributed by atoms with van der Waals surface area (Å²) in [4.78, 5) is 23.2. The van der Waals surface area contributed by atoms with Gasteiger partial charge in [0.15, 0.2) is 0 Å². The van der Waals surface area contributed by atoms with Crippen LogP contribution in [0.5, 0.6) is 5.75 Å². The molecule has 0 saturated heterocycles. The van der Waals surface area contributed by atoms with Crippen LogP contribution < -0.4 is 10.1 Å². The second-order valence-corrected chi connectivity index (χ2v) is 7.26. The predicted molar refractivity (Wildman–Crippen MR) is 100.0 cm³/mol. The van der Waals surface area contributed by atoms with Crippen molar-refractivity contribution in [2.24, 2.45) is 0 Å². The number of esters is 1. The molecule has 0 spiro atoms. The molecule has 0 aromatic heterocycles. The Morgan fingerprint density at radius 2 is 1.68 bits per heavy atom. The maximum absolute atomic E-state index is 12.2. The van der Waals surface area contributed by atoms with Crippen LogP contribution in [0, 0.1) is 6.92 Å². The molecule has 0 atom stereocenters. The van der Waals surface area contributed by atoms with Gasteiger partial charge in [0.1, 0.15) is 5.75 Å². The van der Waals surface area contributed by atoms with Crippen molar-refractivity contribution in [3.8, 4) is 5.75 Å². The predicted octanol–water partition coefficient (Wildman–Crippen LogP) is 4.40. The van der Waals surface area contributed by atoms with Crippen molar-refractivity contribution in [3.63, 3.8) is 0 Å². The summed E-state index contributed by atoms with van der Waals surface area (Å²) in [6.07, 6.45) is 0.181.